The van der Waals surface area contributed by atoms with Gasteiger partial charge in [0.25, 0.3) is 0 Å². The minimum Gasteiger partial charge on any atom is -0.512 e. The maximum atomic E-state index is 11.5. The number of pyridine rings is 2. The van der Waals surface area contributed by atoms with Gasteiger partial charge in [-0.1, -0.05) is 134 Å². The van der Waals surface area contributed by atoms with Crippen LogP contribution >= 0.6 is 0 Å². The van der Waals surface area contributed by atoms with Crippen molar-refractivity contribution >= 4 is 16.6 Å². The van der Waals surface area contributed by atoms with Crippen molar-refractivity contribution in [3.63, 3.8) is 0 Å². The van der Waals surface area contributed by atoms with Crippen LogP contribution in [0.1, 0.15) is 79.1 Å². The number of rotatable bonds is 3. The zero-order valence-electron chi connectivity index (χ0n) is 29.7. The van der Waals surface area contributed by atoms with Crippen LogP contribution in [0.4, 0.5) is 0 Å². The molecule has 0 bridgehead atoms. The predicted octanol–water partition coefficient (Wildman–Crippen LogP) is 10.9. The molecule has 0 atom stereocenters. The molecule has 0 aliphatic heterocycles. The summed E-state index contributed by atoms with van der Waals surface area (Å²) in [5.41, 5.74) is 9.74. The summed E-state index contributed by atoms with van der Waals surface area (Å²) in [5, 5.41) is 12.0. The van der Waals surface area contributed by atoms with Crippen LogP contribution < -0.4 is 0 Å². The topological polar surface area (TPSA) is 63.1 Å². The van der Waals surface area contributed by atoms with E-state index in [9.17, 15) is 9.90 Å². The van der Waals surface area contributed by atoms with Crippen molar-refractivity contribution in [2.75, 3.05) is 0 Å². The van der Waals surface area contributed by atoms with Gasteiger partial charge in [0.1, 0.15) is 5.76 Å². The third-order valence-corrected chi connectivity index (χ3v) is 8.59. The van der Waals surface area contributed by atoms with Gasteiger partial charge in [0, 0.05) is 65.7 Å². The SMILES string of the molecule is CC(C)(C)C(=O)/C=C(\O)C(C)(C)C.CC(C)(C)c1cc(-c2cc3c(cn2)CCc2nc(-c4ccccc4)ccc2-3)[c-]c2ccccc12.[Ir]. The van der Waals surface area contributed by atoms with Gasteiger partial charge < -0.3 is 5.11 Å². The molecule has 5 heteroatoms. The monoisotopic (exact) mass is 816 g/mol. The second-order valence-electron chi connectivity index (χ2n) is 15.6. The zero-order chi connectivity index (χ0) is 34.1. The number of ketones is 1. The summed E-state index contributed by atoms with van der Waals surface area (Å²) in [4.78, 5) is 21.4. The number of hydrogen-bond donors (Lipinski definition) is 1. The number of aryl methyl sites for hydroxylation is 2. The van der Waals surface area contributed by atoms with E-state index in [4.69, 9.17) is 9.97 Å². The first kappa shape index (κ1) is 36.9. The van der Waals surface area contributed by atoms with Gasteiger partial charge >= 0.3 is 0 Å². The molecule has 5 aromatic rings. The molecule has 48 heavy (non-hydrogen) atoms. The summed E-state index contributed by atoms with van der Waals surface area (Å²) in [6, 6.07) is 31.5. The predicted molar refractivity (Wildman–Crippen MR) is 195 cm³/mol. The molecule has 0 saturated heterocycles. The molecule has 0 amide bonds. The Morgan fingerprint density at radius 1 is 0.771 bits per heavy atom. The van der Waals surface area contributed by atoms with Crippen molar-refractivity contribution in [2.45, 2.75) is 80.6 Å². The van der Waals surface area contributed by atoms with Gasteiger partial charge in [-0.15, -0.1) is 29.1 Å². The number of nitrogens with zero attached hydrogens (tertiary/aromatic N) is 2. The molecule has 3 aromatic carbocycles. The Morgan fingerprint density at radius 3 is 2.08 bits per heavy atom. The van der Waals surface area contributed by atoms with E-state index in [2.05, 4.69) is 106 Å². The van der Waals surface area contributed by atoms with Gasteiger partial charge in [-0.2, -0.15) is 0 Å². The Bertz CT molecular complexity index is 1960. The van der Waals surface area contributed by atoms with Gasteiger partial charge in [-0.3, -0.25) is 14.8 Å². The summed E-state index contributed by atoms with van der Waals surface area (Å²) in [6.07, 6.45) is 5.30. The second-order valence-corrected chi connectivity index (χ2v) is 15.6. The number of carbonyl (C=O) groups excluding carboxylic acids is 1. The second kappa shape index (κ2) is 14.3. The molecule has 1 aliphatic rings. The number of hydrogen-bond acceptors (Lipinski definition) is 4. The Hall–Kier alpha value is -3.92. The molecular formula is C43H47IrN2O2-. The molecule has 0 fully saturated rings. The minimum atomic E-state index is -0.417. The molecule has 1 N–H and O–H groups in total. The zero-order valence-corrected chi connectivity index (χ0v) is 32.1. The number of fused-ring (bicyclic) bond motifs is 4. The molecule has 1 radical (unpaired) electrons. The standard InChI is InChI=1S/C32H27N2.C11H20O2.Ir/c1-32(2,3)28-18-24(17-22-11-7-8-12-25(22)28)31-19-27-23(20-33-31)13-15-30-26(27)14-16-29(34-30)21-9-5-4-6-10-21;1-10(2,3)8(12)7-9(13)11(4,5)6;/h4-12,14,16,18-20H,13,15H2,1-3H3;7,12H,1-6H3;/q-1;;/b;8-7-;. The third kappa shape index (κ3) is 8.38. The van der Waals surface area contributed by atoms with E-state index < -0.39 is 5.41 Å². The first-order valence-electron chi connectivity index (χ1n) is 16.5. The summed E-state index contributed by atoms with van der Waals surface area (Å²) in [5.74, 6) is 0.104. The van der Waals surface area contributed by atoms with Crippen molar-refractivity contribution in [2.24, 2.45) is 10.8 Å². The number of aliphatic hydroxyl groups is 1. The minimum absolute atomic E-state index is 0. The normalized spacial score (nSPS) is 13.1. The molecule has 6 rings (SSSR count). The van der Waals surface area contributed by atoms with Gasteiger partial charge in [0.05, 0.1) is 5.69 Å². The van der Waals surface area contributed by atoms with Crippen molar-refractivity contribution in [3.8, 4) is 33.6 Å². The molecule has 2 aromatic heterocycles. The maximum Gasteiger partial charge on any atom is 0.164 e. The van der Waals surface area contributed by atoms with Crippen LogP contribution in [0.25, 0.3) is 44.4 Å². The molecule has 251 valence electrons. The Kier molecular flexibility index (Phi) is 11.0. The Balaban J connectivity index is 0.000000319. The summed E-state index contributed by atoms with van der Waals surface area (Å²) < 4.78 is 0. The Labute approximate surface area is 300 Å². The fraction of sp³-hybridized carbons (Fsp3) is 0.326. The third-order valence-electron chi connectivity index (χ3n) is 8.59. The number of allylic oxidation sites excluding steroid dienone is 2. The first-order chi connectivity index (χ1) is 22.0. The van der Waals surface area contributed by atoms with Crippen LogP contribution in [0.2, 0.25) is 0 Å². The number of aromatic nitrogens is 2. The molecule has 1 aliphatic carbocycles. The van der Waals surface area contributed by atoms with E-state index in [-0.39, 0.29) is 42.5 Å². The summed E-state index contributed by atoms with van der Waals surface area (Å²) in [7, 11) is 0. The quantitative estimate of drug-likeness (QED) is 0.112. The first-order valence-corrected chi connectivity index (χ1v) is 16.5. The van der Waals surface area contributed by atoms with Crippen LogP contribution in [0.5, 0.6) is 0 Å². The van der Waals surface area contributed by atoms with Crippen molar-refractivity contribution in [1.29, 1.82) is 0 Å². The van der Waals surface area contributed by atoms with E-state index in [0.29, 0.717) is 0 Å². The molecule has 0 saturated carbocycles. The maximum absolute atomic E-state index is 11.5. The van der Waals surface area contributed by atoms with Crippen LogP contribution in [0, 0.1) is 16.9 Å². The summed E-state index contributed by atoms with van der Waals surface area (Å²) in [6.45, 7) is 17.9. The van der Waals surface area contributed by atoms with Crippen molar-refractivity contribution in [1.82, 2.24) is 9.97 Å². The van der Waals surface area contributed by atoms with Gasteiger partial charge in [0.15, 0.2) is 5.78 Å². The van der Waals surface area contributed by atoms with Gasteiger partial charge in [0.2, 0.25) is 0 Å². The Morgan fingerprint density at radius 2 is 1.44 bits per heavy atom. The summed E-state index contributed by atoms with van der Waals surface area (Å²) >= 11 is 0. The average Bonchev–Trinajstić information content (AvgIpc) is 3.03. The molecule has 0 spiro atoms. The van der Waals surface area contributed by atoms with Crippen LogP contribution in [-0.4, -0.2) is 20.9 Å². The van der Waals surface area contributed by atoms with E-state index >= 15 is 0 Å². The fourth-order valence-corrected chi connectivity index (χ4v) is 5.59. The molecule has 4 nitrogen and oxygen atoms in total. The van der Waals surface area contributed by atoms with E-state index in [0.717, 1.165) is 40.7 Å². The van der Waals surface area contributed by atoms with E-state index in [1.165, 1.54) is 39.4 Å². The number of carbonyl (C=O) groups is 1. The van der Waals surface area contributed by atoms with Gasteiger partial charge in [-0.05, 0) is 35.4 Å². The van der Waals surface area contributed by atoms with Gasteiger partial charge in [-0.25, -0.2) is 0 Å². The van der Waals surface area contributed by atoms with Crippen LogP contribution in [0.15, 0.2) is 96.9 Å². The van der Waals surface area contributed by atoms with Crippen molar-refractivity contribution in [3.05, 3.63) is 120 Å². The number of benzene rings is 3. The smallest absolute Gasteiger partial charge is 0.164 e. The van der Waals surface area contributed by atoms with Crippen molar-refractivity contribution < 1.29 is 30.0 Å². The average molecular weight is 816 g/mol. The van der Waals surface area contributed by atoms with Crippen LogP contribution in [0.3, 0.4) is 0 Å². The molecular weight excluding hydrogens is 769 g/mol. The molecule has 2 heterocycles. The largest absolute Gasteiger partial charge is 0.512 e. The van der Waals surface area contributed by atoms with E-state index in [1.807, 2.05) is 47.6 Å². The van der Waals surface area contributed by atoms with E-state index in [1.54, 1.807) is 0 Å². The molecule has 0 unspecified atom stereocenters. The fourth-order valence-electron chi connectivity index (χ4n) is 5.59. The number of aliphatic hydroxyl groups excluding tert-OH is 1. The van der Waals surface area contributed by atoms with Crippen LogP contribution in [-0.2, 0) is 43.2 Å².